The second-order valence-corrected chi connectivity index (χ2v) is 3.79. The first kappa shape index (κ1) is 11.2. The highest BCUT2D eigenvalue weighted by atomic mass is 16.5. The molecule has 4 heteroatoms. The van der Waals surface area contributed by atoms with E-state index >= 15 is 0 Å². The first-order chi connectivity index (χ1) is 6.62. The third-order valence-electron chi connectivity index (χ3n) is 2.50. The first-order valence-corrected chi connectivity index (χ1v) is 4.85. The van der Waals surface area contributed by atoms with E-state index in [4.69, 9.17) is 9.84 Å². The highest BCUT2D eigenvalue weighted by Gasteiger charge is 2.25. The first-order valence-electron chi connectivity index (χ1n) is 4.85. The third kappa shape index (κ3) is 3.89. The van der Waals surface area contributed by atoms with Crippen molar-refractivity contribution in [1.29, 1.82) is 0 Å². The zero-order valence-corrected chi connectivity index (χ0v) is 8.45. The number of hydrogen-bond acceptors (Lipinski definition) is 3. The maximum Gasteiger partial charge on any atom is 0.328 e. The van der Waals surface area contributed by atoms with E-state index < -0.39 is 5.97 Å². The lowest BCUT2D eigenvalue weighted by molar-refractivity contribution is -0.131. The van der Waals surface area contributed by atoms with E-state index in [9.17, 15) is 4.79 Å². The minimum absolute atomic E-state index is 0.0983. The monoisotopic (exact) mass is 199 g/mol. The number of nitrogens with one attached hydrogen (secondary N) is 1. The van der Waals surface area contributed by atoms with Gasteiger partial charge in [0.2, 0.25) is 0 Å². The second kappa shape index (κ2) is 5.12. The zero-order valence-electron chi connectivity index (χ0n) is 8.45. The molecule has 0 aromatic carbocycles. The average Bonchev–Trinajstić information content (AvgIpc) is 2.14. The smallest absolute Gasteiger partial charge is 0.328 e. The summed E-state index contributed by atoms with van der Waals surface area (Å²) in [5.74, 6) is -0.899. The molecule has 1 rings (SSSR count). The molecule has 0 atom stereocenters. The van der Waals surface area contributed by atoms with Crippen LogP contribution in [0.5, 0.6) is 0 Å². The van der Waals surface area contributed by atoms with Crippen LogP contribution in [0.2, 0.25) is 0 Å². The SMILES string of the molecule is CC1(NC/C=C/C(=O)O)CCOCC1. The van der Waals surface area contributed by atoms with Crippen molar-refractivity contribution in [2.75, 3.05) is 19.8 Å². The molecule has 1 heterocycles. The minimum Gasteiger partial charge on any atom is -0.478 e. The van der Waals surface area contributed by atoms with Crippen molar-refractivity contribution in [3.8, 4) is 0 Å². The lowest BCUT2D eigenvalue weighted by Gasteiger charge is -2.34. The molecular weight excluding hydrogens is 182 g/mol. The van der Waals surface area contributed by atoms with Crippen molar-refractivity contribution in [3.05, 3.63) is 12.2 Å². The van der Waals surface area contributed by atoms with E-state index in [1.165, 1.54) is 0 Å². The Labute approximate surface area is 83.9 Å². The van der Waals surface area contributed by atoms with Gasteiger partial charge in [0.15, 0.2) is 0 Å². The maximum absolute atomic E-state index is 10.2. The van der Waals surface area contributed by atoms with Gasteiger partial charge in [-0.05, 0) is 19.8 Å². The predicted octanol–water partition coefficient (Wildman–Crippen LogP) is 0.786. The fourth-order valence-electron chi connectivity index (χ4n) is 1.46. The molecule has 0 bridgehead atoms. The Morgan fingerprint density at radius 2 is 2.21 bits per heavy atom. The van der Waals surface area contributed by atoms with E-state index in [0.29, 0.717) is 6.54 Å². The average molecular weight is 199 g/mol. The van der Waals surface area contributed by atoms with E-state index in [-0.39, 0.29) is 5.54 Å². The fourth-order valence-corrected chi connectivity index (χ4v) is 1.46. The quantitative estimate of drug-likeness (QED) is 0.657. The summed E-state index contributed by atoms with van der Waals surface area (Å²) < 4.78 is 5.26. The summed E-state index contributed by atoms with van der Waals surface area (Å²) in [6.45, 7) is 4.31. The minimum atomic E-state index is -0.899. The van der Waals surface area contributed by atoms with Crippen molar-refractivity contribution < 1.29 is 14.6 Å². The molecule has 80 valence electrons. The van der Waals surface area contributed by atoms with Crippen molar-refractivity contribution in [1.82, 2.24) is 5.32 Å². The Bertz CT molecular complexity index is 219. The maximum atomic E-state index is 10.2. The van der Waals surface area contributed by atoms with Crippen molar-refractivity contribution in [2.45, 2.75) is 25.3 Å². The number of carboxylic acids is 1. The van der Waals surface area contributed by atoms with Gasteiger partial charge in [-0.2, -0.15) is 0 Å². The molecule has 0 radical (unpaired) electrons. The number of aliphatic carboxylic acids is 1. The lowest BCUT2D eigenvalue weighted by atomic mass is 9.92. The summed E-state index contributed by atoms with van der Waals surface area (Å²) in [4.78, 5) is 10.2. The molecule has 1 aliphatic heterocycles. The van der Waals surface area contributed by atoms with Crippen LogP contribution in [0.4, 0.5) is 0 Å². The molecular formula is C10H17NO3. The molecule has 0 amide bonds. The van der Waals surface area contributed by atoms with Gasteiger partial charge in [-0.15, -0.1) is 0 Å². The van der Waals surface area contributed by atoms with E-state index in [1.807, 2.05) is 0 Å². The Morgan fingerprint density at radius 1 is 1.57 bits per heavy atom. The standard InChI is InChI=1S/C10H17NO3/c1-10(4-7-14-8-5-10)11-6-2-3-9(12)13/h2-3,11H,4-8H2,1H3,(H,12,13)/b3-2+. The summed E-state index contributed by atoms with van der Waals surface area (Å²) in [6, 6.07) is 0. The molecule has 0 aromatic rings. The molecule has 1 aliphatic rings. The van der Waals surface area contributed by atoms with Gasteiger partial charge in [0.1, 0.15) is 0 Å². The van der Waals surface area contributed by atoms with Crippen LogP contribution in [0.25, 0.3) is 0 Å². The molecule has 0 aliphatic carbocycles. The third-order valence-corrected chi connectivity index (χ3v) is 2.50. The van der Waals surface area contributed by atoms with Crippen LogP contribution in [0.15, 0.2) is 12.2 Å². The van der Waals surface area contributed by atoms with Crippen LogP contribution in [0.3, 0.4) is 0 Å². The zero-order chi connectivity index (χ0) is 10.4. The molecule has 14 heavy (non-hydrogen) atoms. The highest BCUT2D eigenvalue weighted by molar-refractivity contribution is 5.79. The predicted molar refractivity (Wildman–Crippen MR) is 53.2 cm³/mol. The lowest BCUT2D eigenvalue weighted by Crippen LogP contribution is -2.46. The molecule has 2 N–H and O–H groups in total. The van der Waals surface area contributed by atoms with Gasteiger partial charge in [0, 0.05) is 31.4 Å². The summed E-state index contributed by atoms with van der Waals surface area (Å²) in [5.41, 5.74) is 0.0983. The summed E-state index contributed by atoms with van der Waals surface area (Å²) in [5, 5.41) is 11.7. The fraction of sp³-hybridized carbons (Fsp3) is 0.700. The summed E-state index contributed by atoms with van der Waals surface area (Å²) in [7, 11) is 0. The van der Waals surface area contributed by atoms with Crippen LogP contribution < -0.4 is 5.32 Å². The van der Waals surface area contributed by atoms with Crippen LogP contribution in [-0.4, -0.2) is 36.4 Å². The summed E-state index contributed by atoms with van der Waals surface area (Å²) >= 11 is 0. The Kier molecular flexibility index (Phi) is 4.10. The van der Waals surface area contributed by atoms with Crippen LogP contribution >= 0.6 is 0 Å². The highest BCUT2D eigenvalue weighted by Crippen LogP contribution is 2.19. The van der Waals surface area contributed by atoms with Gasteiger partial charge in [-0.25, -0.2) is 4.79 Å². The van der Waals surface area contributed by atoms with Crippen LogP contribution in [-0.2, 0) is 9.53 Å². The van der Waals surface area contributed by atoms with E-state index in [2.05, 4.69) is 12.2 Å². The summed E-state index contributed by atoms with van der Waals surface area (Å²) in [6.07, 6.45) is 4.75. The topological polar surface area (TPSA) is 58.6 Å². The number of carbonyl (C=O) groups is 1. The Balaban J connectivity index is 2.25. The van der Waals surface area contributed by atoms with Gasteiger partial charge in [-0.3, -0.25) is 0 Å². The number of rotatable bonds is 4. The molecule has 0 spiro atoms. The largest absolute Gasteiger partial charge is 0.478 e. The van der Waals surface area contributed by atoms with Crippen molar-refractivity contribution in [3.63, 3.8) is 0 Å². The Hall–Kier alpha value is -0.870. The van der Waals surface area contributed by atoms with Gasteiger partial charge < -0.3 is 15.2 Å². The molecule has 4 nitrogen and oxygen atoms in total. The van der Waals surface area contributed by atoms with Crippen LogP contribution in [0.1, 0.15) is 19.8 Å². The number of hydrogen-bond donors (Lipinski definition) is 2. The van der Waals surface area contributed by atoms with E-state index in [0.717, 1.165) is 32.1 Å². The molecule has 0 unspecified atom stereocenters. The van der Waals surface area contributed by atoms with Gasteiger partial charge in [-0.1, -0.05) is 6.08 Å². The number of ether oxygens (including phenoxy) is 1. The van der Waals surface area contributed by atoms with Gasteiger partial charge in [0.05, 0.1) is 0 Å². The van der Waals surface area contributed by atoms with Crippen LogP contribution in [0, 0.1) is 0 Å². The van der Waals surface area contributed by atoms with E-state index in [1.54, 1.807) is 6.08 Å². The van der Waals surface area contributed by atoms with Gasteiger partial charge >= 0.3 is 5.97 Å². The van der Waals surface area contributed by atoms with Crippen molar-refractivity contribution >= 4 is 5.97 Å². The van der Waals surface area contributed by atoms with Gasteiger partial charge in [0.25, 0.3) is 0 Å². The second-order valence-electron chi connectivity index (χ2n) is 3.79. The van der Waals surface area contributed by atoms with Crippen molar-refractivity contribution in [2.24, 2.45) is 0 Å². The number of carboxylic acid groups (broad SMARTS) is 1. The normalized spacial score (nSPS) is 21.2. The Morgan fingerprint density at radius 3 is 2.79 bits per heavy atom. The molecule has 0 aromatic heterocycles. The molecule has 1 fully saturated rings. The molecule has 1 saturated heterocycles. The molecule has 0 saturated carbocycles.